The van der Waals surface area contributed by atoms with Crippen LogP contribution in [0.4, 0.5) is 0 Å². The minimum Gasteiger partial charge on any atom is -0.508 e. The van der Waals surface area contributed by atoms with E-state index in [1.54, 1.807) is 24.3 Å². The Kier molecular flexibility index (Phi) is 10.5. The molecule has 0 saturated heterocycles. The van der Waals surface area contributed by atoms with Crippen molar-refractivity contribution in [3.63, 3.8) is 0 Å². The molecule has 2 rings (SSSR count). The number of phenolic OH excluding ortho intramolecular Hbond substituents is 2. The molecule has 0 aliphatic heterocycles. The molecule has 0 spiro atoms. The highest BCUT2D eigenvalue weighted by atomic mass is 16.3. The zero-order valence-electron chi connectivity index (χ0n) is 19.7. The molecule has 0 aromatic heterocycles. The van der Waals surface area contributed by atoms with Gasteiger partial charge < -0.3 is 43.4 Å². The molecular weight excluding hydrogens is 466 g/mol. The predicted octanol–water partition coefficient (Wildman–Crippen LogP) is -1.07. The van der Waals surface area contributed by atoms with Crippen LogP contribution in [0.25, 0.3) is 0 Å². The first-order valence-corrected chi connectivity index (χ1v) is 11.3. The summed E-state index contributed by atoms with van der Waals surface area (Å²) in [5.41, 5.74) is 18.2. The summed E-state index contributed by atoms with van der Waals surface area (Å²) in [6.45, 7) is 0.293. The Morgan fingerprint density at radius 3 is 1.81 bits per heavy atom. The van der Waals surface area contributed by atoms with Crippen LogP contribution in [0.1, 0.15) is 24.0 Å². The van der Waals surface area contributed by atoms with Crippen molar-refractivity contribution >= 4 is 23.7 Å². The quantitative estimate of drug-likeness (QED) is 0.0933. The van der Waals surface area contributed by atoms with E-state index in [9.17, 15) is 24.6 Å². The van der Waals surface area contributed by atoms with Crippen LogP contribution in [0.3, 0.4) is 0 Å². The number of nitrogens with two attached hydrogens (primary N) is 3. The lowest BCUT2D eigenvalue weighted by Crippen LogP contribution is -2.56. The lowest BCUT2D eigenvalue weighted by molar-refractivity contribution is -0.131. The van der Waals surface area contributed by atoms with Gasteiger partial charge in [0.1, 0.15) is 23.6 Å². The minimum atomic E-state index is -1.05. The van der Waals surface area contributed by atoms with Crippen molar-refractivity contribution in [3.05, 3.63) is 59.7 Å². The van der Waals surface area contributed by atoms with Crippen LogP contribution in [-0.2, 0) is 27.2 Å². The second kappa shape index (κ2) is 13.5. The van der Waals surface area contributed by atoms with Crippen LogP contribution < -0.4 is 33.2 Å². The Morgan fingerprint density at radius 2 is 1.31 bits per heavy atom. The minimum absolute atomic E-state index is 0.0593. The van der Waals surface area contributed by atoms with Gasteiger partial charge in [0.15, 0.2) is 5.96 Å². The van der Waals surface area contributed by atoms with Gasteiger partial charge in [-0.15, -0.1) is 0 Å². The lowest BCUT2D eigenvalue weighted by atomic mass is 10.0. The first kappa shape index (κ1) is 27.9. The molecule has 12 N–H and O–H groups in total. The summed E-state index contributed by atoms with van der Waals surface area (Å²) in [4.78, 5) is 37.8. The van der Waals surface area contributed by atoms with Gasteiger partial charge in [0, 0.05) is 13.0 Å². The summed E-state index contributed by atoms with van der Waals surface area (Å²) < 4.78 is 0. The molecule has 0 bridgehead atoms. The van der Waals surface area contributed by atoms with Crippen molar-refractivity contribution in [2.24, 2.45) is 17.2 Å². The van der Waals surface area contributed by atoms with Gasteiger partial charge in [-0.2, -0.15) is 0 Å². The van der Waals surface area contributed by atoms with Crippen molar-refractivity contribution in [2.75, 3.05) is 6.54 Å². The zero-order valence-corrected chi connectivity index (χ0v) is 19.7. The van der Waals surface area contributed by atoms with E-state index < -0.39 is 35.8 Å². The third-order valence-corrected chi connectivity index (χ3v) is 5.38. The highest BCUT2D eigenvalue weighted by molar-refractivity contribution is 5.92. The maximum absolute atomic E-state index is 13.1. The van der Waals surface area contributed by atoms with Crippen molar-refractivity contribution in [3.8, 4) is 11.5 Å². The van der Waals surface area contributed by atoms with E-state index in [-0.39, 0.29) is 36.7 Å². The van der Waals surface area contributed by atoms with E-state index in [1.807, 2.05) is 0 Å². The fourth-order valence-corrected chi connectivity index (χ4v) is 3.42. The van der Waals surface area contributed by atoms with Gasteiger partial charge in [-0.05, 0) is 54.7 Å². The summed E-state index contributed by atoms with van der Waals surface area (Å²) in [5, 5.41) is 33.9. The van der Waals surface area contributed by atoms with Crippen LogP contribution in [-0.4, -0.2) is 58.6 Å². The number of carbonyl (C=O) groups is 3. The lowest BCUT2D eigenvalue weighted by Gasteiger charge is -2.23. The number of phenols is 2. The molecule has 0 saturated carbocycles. The molecule has 0 heterocycles. The van der Waals surface area contributed by atoms with E-state index in [2.05, 4.69) is 16.0 Å². The molecule has 0 fully saturated rings. The second-order valence-electron chi connectivity index (χ2n) is 8.36. The van der Waals surface area contributed by atoms with Gasteiger partial charge in [0.25, 0.3) is 0 Å². The number of rotatable bonds is 13. The number of carbonyl (C=O) groups excluding carboxylic acids is 3. The molecule has 3 amide bonds. The molecule has 3 atom stereocenters. The number of guanidine groups is 1. The average molecular weight is 500 g/mol. The fraction of sp³-hybridized carbons (Fsp3) is 0.333. The molecule has 3 unspecified atom stereocenters. The number of amides is 3. The van der Waals surface area contributed by atoms with Gasteiger partial charge in [0.2, 0.25) is 17.7 Å². The second-order valence-corrected chi connectivity index (χ2v) is 8.36. The normalized spacial score (nSPS) is 13.1. The highest BCUT2D eigenvalue weighted by Gasteiger charge is 2.27. The van der Waals surface area contributed by atoms with Crippen molar-refractivity contribution in [1.29, 1.82) is 5.41 Å². The molecule has 2 aromatic rings. The number of aromatic hydroxyl groups is 2. The Morgan fingerprint density at radius 1 is 0.806 bits per heavy atom. The maximum atomic E-state index is 13.1. The van der Waals surface area contributed by atoms with E-state index in [4.69, 9.17) is 22.6 Å². The standard InChI is InChI=1S/C24H33N7O5/c25-18(12-14-3-7-16(32)8-4-14)22(35)30-19(2-1-11-29-24(27)28)23(36)31-20(21(26)34)13-15-5-9-17(33)10-6-15/h3-10,18-20,32-33H,1-2,11-13,25H2,(H2,26,34)(H,30,35)(H,31,36)(H4,27,28,29). The monoisotopic (exact) mass is 499 g/mol. The number of benzene rings is 2. The van der Waals surface area contributed by atoms with Crippen LogP contribution in [0.2, 0.25) is 0 Å². The van der Waals surface area contributed by atoms with Crippen molar-refractivity contribution in [1.82, 2.24) is 16.0 Å². The van der Waals surface area contributed by atoms with Crippen molar-refractivity contribution < 1.29 is 24.6 Å². The van der Waals surface area contributed by atoms with Gasteiger partial charge >= 0.3 is 0 Å². The molecule has 12 nitrogen and oxygen atoms in total. The molecule has 0 radical (unpaired) electrons. The largest absolute Gasteiger partial charge is 0.508 e. The van der Waals surface area contributed by atoms with E-state index in [1.165, 1.54) is 24.3 Å². The van der Waals surface area contributed by atoms with E-state index >= 15 is 0 Å². The molecule has 36 heavy (non-hydrogen) atoms. The Balaban J connectivity index is 2.07. The van der Waals surface area contributed by atoms with Gasteiger partial charge in [-0.1, -0.05) is 24.3 Å². The first-order chi connectivity index (χ1) is 17.0. The summed E-state index contributed by atoms with van der Waals surface area (Å²) in [7, 11) is 0. The van der Waals surface area contributed by atoms with Crippen LogP contribution >= 0.6 is 0 Å². The fourth-order valence-electron chi connectivity index (χ4n) is 3.42. The number of hydrogen-bond acceptors (Lipinski definition) is 7. The van der Waals surface area contributed by atoms with E-state index in [0.29, 0.717) is 18.5 Å². The predicted molar refractivity (Wildman–Crippen MR) is 134 cm³/mol. The van der Waals surface area contributed by atoms with Gasteiger partial charge in [-0.3, -0.25) is 19.8 Å². The Hall–Kier alpha value is -4.32. The van der Waals surface area contributed by atoms with Gasteiger partial charge in [-0.25, -0.2) is 0 Å². The number of hydrogen-bond donors (Lipinski definition) is 9. The first-order valence-electron chi connectivity index (χ1n) is 11.3. The van der Waals surface area contributed by atoms with Crippen LogP contribution in [0.5, 0.6) is 11.5 Å². The Labute approximate surface area is 208 Å². The third-order valence-electron chi connectivity index (χ3n) is 5.38. The zero-order chi connectivity index (χ0) is 26.7. The molecule has 194 valence electrons. The number of nitrogens with one attached hydrogen (secondary N) is 4. The third kappa shape index (κ3) is 9.50. The summed E-state index contributed by atoms with van der Waals surface area (Å²) >= 11 is 0. The summed E-state index contributed by atoms with van der Waals surface area (Å²) in [5.74, 6) is -2.03. The topological polar surface area (TPSA) is 230 Å². The smallest absolute Gasteiger partial charge is 0.243 e. The summed E-state index contributed by atoms with van der Waals surface area (Å²) in [6, 6.07) is 9.31. The molecule has 2 aromatic carbocycles. The van der Waals surface area contributed by atoms with Crippen molar-refractivity contribution in [2.45, 2.75) is 43.8 Å². The average Bonchev–Trinajstić information content (AvgIpc) is 2.82. The molecule has 0 aliphatic rings. The van der Waals surface area contributed by atoms with Gasteiger partial charge in [0.05, 0.1) is 6.04 Å². The Bertz CT molecular complexity index is 1040. The van der Waals surface area contributed by atoms with E-state index in [0.717, 1.165) is 5.56 Å². The van der Waals surface area contributed by atoms with Crippen LogP contribution in [0.15, 0.2) is 48.5 Å². The molecular formula is C24H33N7O5. The molecule has 0 aliphatic carbocycles. The summed E-state index contributed by atoms with van der Waals surface area (Å²) in [6.07, 6.45) is 0.824. The number of primary amides is 1. The highest BCUT2D eigenvalue weighted by Crippen LogP contribution is 2.13. The molecule has 12 heteroatoms. The SMILES string of the molecule is N=C(N)NCCCC(NC(=O)C(N)Cc1ccc(O)cc1)C(=O)NC(Cc1ccc(O)cc1)C(N)=O. The van der Waals surface area contributed by atoms with Crippen LogP contribution in [0, 0.1) is 5.41 Å². The maximum Gasteiger partial charge on any atom is 0.243 e.